The zero-order valence-electron chi connectivity index (χ0n) is 10.1. The molecule has 1 rings (SSSR count). The SMILES string of the molecule is CC(C)Oc1ccc(CCOCCN)cc1. The van der Waals surface area contributed by atoms with Crippen molar-refractivity contribution in [3.8, 4) is 5.75 Å². The Morgan fingerprint density at radius 2 is 1.81 bits per heavy atom. The van der Waals surface area contributed by atoms with Crippen molar-refractivity contribution in [1.82, 2.24) is 0 Å². The molecule has 0 atom stereocenters. The normalized spacial score (nSPS) is 10.8. The summed E-state index contributed by atoms with van der Waals surface area (Å²) in [5.74, 6) is 0.918. The molecular formula is C13H21NO2. The highest BCUT2D eigenvalue weighted by Crippen LogP contribution is 2.14. The summed E-state index contributed by atoms with van der Waals surface area (Å²) in [4.78, 5) is 0. The van der Waals surface area contributed by atoms with Crippen LogP contribution in [-0.4, -0.2) is 25.9 Å². The van der Waals surface area contributed by atoms with E-state index in [1.807, 2.05) is 26.0 Å². The van der Waals surface area contributed by atoms with Crippen LogP contribution in [0.4, 0.5) is 0 Å². The summed E-state index contributed by atoms with van der Waals surface area (Å²) >= 11 is 0. The Kier molecular flexibility index (Phi) is 5.90. The quantitative estimate of drug-likeness (QED) is 0.719. The molecule has 2 N–H and O–H groups in total. The second-order valence-electron chi connectivity index (χ2n) is 3.96. The molecule has 0 saturated carbocycles. The second kappa shape index (κ2) is 7.25. The Bertz CT molecular complexity index is 282. The highest BCUT2D eigenvalue weighted by molar-refractivity contribution is 5.27. The summed E-state index contributed by atoms with van der Waals surface area (Å²) in [7, 11) is 0. The van der Waals surface area contributed by atoms with Crippen molar-refractivity contribution in [3.63, 3.8) is 0 Å². The third-order valence-electron chi connectivity index (χ3n) is 2.09. The van der Waals surface area contributed by atoms with Crippen LogP contribution < -0.4 is 10.5 Å². The summed E-state index contributed by atoms with van der Waals surface area (Å²) in [6, 6.07) is 8.14. The lowest BCUT2D eigenvalue weighted by Gasteiger charge is -2.10. The van der Waals surface area contributed by atoms with Crippen molar-refractivity contribution < 1.29 is 9.47 Å². The second-order valence-corrected chi connectivity index (χ2v) is 3.96. The van der Waals surface area contributed by atoms with E-state index in [2.05, 4.69) is 12.1 Å². The molecule has 0 spiro atoms. The van der Waals surface area contributed by atoms with Gasteiger partial charge in [0.1, 0.15) is 5.75 Å². The zero-order valence-corrected chi connectivity index (χ0v) is 10.1. The van der Waals surface area contributed by atoms with Crippen LogP contribution >= 0.6 is 0 Å². The smallest absolute Gasteiger partial charge is 0.119 e. The zero-order chi connectivity index (χ0) is 11.8. The minimum absolute atomic E-state index is 0.221. The van der Waals surface area contributed by atoms with Crippen molar-refractivity contribution in [3.05, 3.63) is 29.8 Å². The van der Waals surface area contributed by atoms with Crippen molar-refractivity contribution >= 4 is 0 Å². The Labute approximate surface area is 97.6 Å². The van der Waals surface area contributed by atoms with Gasteiger partial charge in [-0.1, -0.05) is 12.1 Å². The van der Waals surface area contributed by atoms with Gasteiger partial charge in [-0.2, -0.15) is 0 Å². The maximum Gasteiger partial charge on any atom is 0.119 e. The topological polar surface area (TPSA) is 44.5 Å². The van der Waals surface area contributed by atoms with E-state index in [0.717, 1.165) is 18.8 Å². The van der Waals surface area contributed by atoms with Gasteiger partial charge in [-0.15, -0.1) is 0 Å². The molecule has 3 heteroatoms. The number of rotatable bonds is 7. The molecule has 0 heterocycles. The van der Waals surface area contributed by atoms with Crippen LogP contribution in [0.2, 0.25) is 0 Å². The van der Waals surface area contributed by atoms with E-state index >= 15 is 0 Å². The third kappa shape index (κ3) is 5.14. The van der Waals surface area contributed by atoms with Crippen LogP contribution in [0.3, 0.4) is 0 Å². The average Bonchev–Trinajstić information content (AvgIpc) is 2.26. The highest BCUT2D eigenvalue weighted by Gasteiger charge is 1.98. The summed E-state index contributed by atoms with van der Waals surface area (Å²) in [6.07, 6.45) is 1.14. The molecule has 0 aliphatic rings. The van der Waals surface area contributed by atoms with E-state index in [4.69, 9.17) is 15.2 Å². The number of nitrogens with two attached hydrogens (primary N) is 1. The van der Waals surface area contributed by atoms with Gasteiger partial charge in [0, 0.05) is 6.54 Å². The van der Waals surface area contributed by atoms with Crippen LogP contribution in [-0.2, 0) is 11.2 Å². The molecular weight excluding hydrogens is 202 g/mol. The molecule has 0 radical (unpaired) electrons. The molecule has 1 aromatic carbocycles. The van der Waals surface area contributed by atoms with Gasteiger partial charge < -0.3 is 15.2 Å². The van der Waals surface area contributed by atoms with E-state index in [9.17, 15) is 0 Å². The van der Waals surface area contributed by atoms with Gasteiger partial charge in [-0.25, -0.2) is 0 Å². The van der Waals surface area contributed by atoms with Crippen LogP contribution in [0.15, 0.2) is 24.3 Å². The molecule has 16 heavy (non-hydrogen) atoms. The molecule has 90 valence electrons. The number of benzene rings is 1. The summed E-state index contributed by atoms with van der Waals surface area (Å²) < 4.78 is 10.9. The minimum atomic E-state index is 0.221. The number of hydrogen-bond donors (Lipinski definition) is 1. The summed E-state index contributed by atoms with van der Waals surface area (Å²) in [5, 5.41) is 0. The molecule has 0 aliphatic carbocycles. The first-order valence-corrected chi connectivity index (χ1v) is 5.76. The molecule has 0 aliphatic heterocycles. The molecule has 0 bridgehead atoms. The van der Waals surface area contributed by atoms with Crippen molar-refractivity contribution in [2.75, 3.05) is 19.8 Å². The summed E-state index contributed by atoms with van der Waals surface area (Å²) in [6.45, 7) is 5.99. The first kappa shape index (κ1) is 13.0. The van der Waals surface area contributed by atoms with Crippen molar-refractivity contribution in [1.29, 1.82) is 0 Å². The fraction of sp³-hybridized carbons (Fsp3) is 0.538. The number of ether oxygens (including phenoxy) is 2. The van der Waals surface area contributed by atoms with Crippen LogP contribution in [0, 0.1) is 0 Å². The van der Waals surface area contributed by atoms with E-state index in [1.165, 1.54) is 5.56 Å². The Balaban J connectivity index is 2.33. The van der Waals surface area contributed by atoms with Crippen LogP contribution in [0.25, 0.3) is 0 Å². The van der Waals surface area contributed by atoms with Crippen molar-refractivity contribution in [2.45, 2.75) is 26.4 Å². The van der Waals surface area contributed by atoms with E-state index in [1.54, 1.807) is 0 Å². The standard InChI is InChI=1S/C13H21NO2/c1-11(2)16-13-5-3-12(4-6-13)7-9-15-10-8-14/h3-6,11H,7-10,14H2,1-2H3. The Hall–Kier alpha value is -1.06. The lowest BCUT2D eigenvalue weighted by molar-refractivity contribution is 0.144. The molecule has 0 aromatic heterocycles. The van der Waals surface area contributed by atoms with Crippen molar-refractivity contribution in [2.24, 2.45) is 5.73 Å². The van der Waals surface area contributed by atoms with Gasteiger partial charge in [0.2, 0.25) is 0 Å². The van der Waals surface area contributed by atoms with Gasteiger partial charge in [0.15, 0.2) is 0 Å². The van der Waals surface area contributed by atoms with E-state index in [-0.39, 0.29) is 6.10 Å². The lowest BCUT2D eigenvalue weighted by atomic mass is 10.1. The van der Waals surface area contributed by atoms with Gasteiger partial charge in [-0.05, 0) is 38.0 Å². The third-order valence-corrected chi connectivity index (χ3v) is 2.09. The molecule has 0 amide bonds. The van der Waals surface area contributed by atoms with E-state index in [0.29, 0.717) is 13.2 Å². The van der Waals surface area contributed by atoms with Crippen LogP contribution in [0.1, 0.15) is 19.4 Å². The molecule has 0 unspecified atom stereocenters. The molecule has 3 nitrogen and oxygen atoms in total. The van der Waals surface area contributed by atoms with Gasteiger partial charge in [-0.3, -0.25) is 0 Å². The maximum atomic E-state index is 5.56. The summed E-state index contributed by atoms with van der Waals surface area (Å²) in [5.41, 5.74) is 6.59. The Morgan fingerprint density at radius 3 is 2.38 bits per heavy atom. The highest BCUT2D eigenvalue weighted by atomic mass is 16.5. The number of hydrogen-bond acceptors (Lipinski definition) is 3. The van der Waals surface area contributed by atoms with Gasteiger partial charge in [0.05, 0.1) is 19.3 Å². The maximum absolute atomic E-state index is 5.56. The fourth-order valence-electron chi connectivity index (χ4n) is 1.38. The van der Waals surface area contributed by atoms with Crippen LogP contribution in [0.5, 0.6) is 5.75 Å². The van der Waals surface area contributed by atoms with Gasteiger partial charge in [0.25, 0.3) is 0 Å². The lowest BCUT2D eigenvalue weighted by Crippen LogP contribution is -2.10. The Morgan fingerprint density at radius 1 is 1.12 bits per heavy atom. The average molecular weight is 223 g/mol. The first-order chi connectivity index (χ1) is 7.72. The predicted octanol–water partition coefficient (Wildman–Crippen LogP) is 1.99. The molecule has 0 saturated heterocycles. The molecule has 1 aromatic rings. The minimum Gasteiger partial charge on any atom is -0.491 e. The predicted molar refractivity (Wildman–Crippen MR) is 65.8 cm³/mol. The monoisotopic (exact) mass is 223 g/mol. The van der Waals surface area contributed by atoms with E-state index < -0.39 is 0 Å². The molecule has 0 fully saturated rings. The van der Waals surface area contributed by atoms with Gasteiger partial charge >= 0.3 is 0 Å². The fourth-order valence-corrected chi connectivity index (χ4v) is 1.38. The largest absolute Gasteiger partial charge is 0.491 e. The first-order valence-electron chi connectivity index (χ1n) is 5.76.